The molecule has 0 atom stereocenters. The number of nitrogens with one attached hydrogen (secondary N) is 1. The lowest BCUT2D eigenvalue weighted by atomic mass is 10.4. The Morgan fingerprint density at radius 1 is 1.35 bits per heavy atom. The van der Waals surface area contributed by atoms with Crippen LogP contribution in [0.15, 0.2) is 33.2 Å². The van der Waals surface area contributed by atoms with Gasteiger partial charge in [-0.2, -0.15) is 0 Å². The van der Waals surface area contributed by atoms with E-state index < -0.39 is 0 Å². The molecule has 1 amide bonds. The number of rotatable bonds is 3. The van der Waals surface area contributed by atoms with Gasteiger partial charge in [0.25, 0.3) is 0 Å². The van der Waals surface area contributed by atoms with E-state index in [1.807, 2.05) is 13.0 Å². The third-order valence-electron chi connectivity index (χ3n) is 2.04. The zero-order chi connectivity index (χ0) is 12.3. The Morgan fingerprint density at radius 2 is 2.18 bits per heavy atom. The van der Waals surface area contributed by atoms with Crippen LogP contribution in [0.25, 0.3) is 6.08 Å². The van der Waals surface area contributed by atoms with Crippen molar-refractivity contribution in [2.45, 2.75) is 13.8 Å². The standard InChI is InChI=1S/C12H12N2O3/c1-8-3-4-10(16-8)5-6-12(15)13-11-7-9(2)17-14-11/h3-7H,1-2H3,(H,13,14,15)/b6-5+. The van der Waals surface area contributed by atoms with Crippen LogP contribution >= 0.6 is 0 Å². The molecule has 0 aliphatic heterocycles. The normalized spacial score (nSPS) is 10.9. The van der Waals surface area contributed by atoms with Crippen LogP contribution in [0.4, 0.5) is 5.82 Å². The Morgan fingerprint density at radius 3 is 2.76 bits per heavy atom. The van der Waals surface area contributed by atoms with Gasteiger partial charge in [-0.05, 0) is 32.1 Å². The van der Waals surface area contributed by atoms with Gasteiger partial charge in [-0.15, -0.1) is 0 Å². The van der Waals surface area contributed by atoms with Gasteiger partial charge in [0.2, 0.25) is 5.91 Å². The lowest BCUT2D eigenvalue weighted by Gasteiger charge is -1.93. The summed E-state index contributed by atoms with van der Waals surface area (Å²) in [4.78, 5) is 11.5. The fraction of sp³-hybridized carbons (Fsp3) is 0.167. The molecule has 2 heterocycles. The van der Waals surface area contributed by atoms with E-state index in [1.165, 1.54) is 6.08 Å². The molecule has 0 bridgehead atoms. The van der Waals surface area contributed by atoms with Crippen LogP contribution in [0.5, 0.6) is 0 Å². The van der Waals surface area contributed by atoms with Gasteiger partial charge in [-0.1, -0.05) is 5.16 Å². The molecule has 0 fully saturated rings. The second kappa shape index (κ2) is 4.69. The first kappa shape index (κ1) is 11.2. The molecule has 0 unspecified atom stereocenters. The second-order valence-corrected chi connectivity index (χ2v) is 3.59. The first-order chi connectivity index (χ1) is 8.13. The van der Waals surface area contributed by atoms with Crippen molar-refractivity contribution in [3.8, 4) is 0 Å². The van der Waals surface area contributed by atoms with Gasteiger partial charge in [0, 0.05) is 12.1 Å². The summed E-state index contributed by atoms with van der Waals surface area (Å²) in [5.74, 6) is 2.19. The molecular weight excluding hydrogens is 220 g/mol. The average molecular weight is 232 g/mol. The van der Waals surface area contributed by atoms with E-state index in [0.29, 0.717) is 17.3 Å². The van der Waals surface area contributed by atoms with E-state index in [2.05, 4.69) is 10.5 Å². The first-order valence-corrected chi connectivity index (χ1v) is 5.12. The lowest BCUT2D eigenvalue weighted by Crippen LogP contribution is -2.07. The monoisotopic (exact) mass is 232 g/mol. The van der Waals surface area contributed by atoms with Crippen molar-refractivity contribution in [1.29, 1.82) is 0 Å². The molecule has 17 heavy (non-hydrogen) atoms. The molecule has 0 aliphatic carbocycles. The zero-order valence-corrected chi connectivity index (χ0v) is 9.56. The summed E-state index contributed by atoms with van der Waals surface area (Å²) < 4.78 is 10.1. The number of furan rings is 1. The van der Waals surface area contributed by atoms with Crippen molar-refractivity contribution in [1.82, 2.24) is 5.16 Å². The zero-order valence-electron chi connectivity index (χ0n) is 9.56. The Kier molecular flexibility index (Phi) is 3.09. The number of hydrogen-bond acceptors (Lipinski definition) is 4. The molecule has 0 spiro atoms. The minimum Gasteiger partial charge on any atom is -0.462 e. The largest absolute Gasteiger partial charge is 0.462 e. The number of carbonyl (C=O) groups excluding carboxylic acids is 1. The third-order valence-corrected chi connectivity index (χ3v) is 2.04. The van der Waals surface area contributed by atoms with Crippen molar-refractivity contribution in [3.05, 3.63) is 41.6 Å². The van der Waals surface area contributed by atoms with Crippen LogP contribution in [0.3, 0.4) is 0 Å². The molecule has 5 heteroatoms. The summed E-state index contributed by atoms with van der Waals surface area (Å²) in [7, 11) is 0. The van der Waals surface area contributed by atoms with E-state index in [-0.39, 0.29) is 5.91 Å². The van der Waals surface area contributed by atoms with E-state index in [0.717, 1.165) is 5.76 Å². The molecule has 5 nitrogen and oxygen atoms in total. The van der Waals surface area contributed by atoms with E-state index in [4.69, 9.17) is 8.94 Å². The van der Waals surface area contributed by atoms with Crippen molar-refractivity contribution in [2.75, 3.05) is 5.32 Å². The highest BCUT2D eigenvalue weighted by molar-refractivity contribution is 6.01. The summed E-state index contributed by atoms with van der Waals surface area (Å²) in [6.07, 6.45) is 2.97. The number of hydrogen-bond donors (Lipinski definition) is 1. The number of amides is 1. The maximum Gasteiger partial charge on any atom is 0.249 e. The van der Waals surface area contributed by atoms with Crippen molar-refractivity contribution >= 4 is 17.8 Å². The molecule has 0 radical (unpaired) electrons. The van der Waals surface area contributed by atoms with Gasteiger partial charge in [0.15, 0.2) is 5.82 Å². The van der Waals surface area contributed by atoms with Gasteiger partial charge in [-0.25, -0.2) is 0 Å². The van der Waals surface area contributed by atoms with Crippen LogP contribution in [0.1, 0.15) is 17.3 Å². The molecular formula is C12H12N2O3. The van der Waals surface area contributed by atoms with E-state index in [9.17, 15) is 4.79 Å². The summed E-state index contributed by atoms with van der Waals surface area (Å²) in [5, 5.41) is 6.22. The fourth-order valence-corrected chi connectivity index (χ4v) is 1.29. The summed E-state index contributed by atoms with van der Waals surface area (Å²) in [5.41, 5.74) is 0. The summed E-state index contributed by atoms with van der Waals surface area (Å²) in [6, 6.07) is 5.26. The van der Waals surface area contributed by atoms with Crippen molar-refractivity contribution in [3.63, 3.8) is 0 Å². The van der Waals surface area contributed by atoms with Crippen molar-refractivity contribution in [2.24, 2.45) is 0 Å². The SMILES string of the molecule is Cc1cc(NC(=O)/C=C/c2ccc(C)o2)no1. The quantitative estimate of drug-likeness (QED) is 0.825. The van der Waals surface area contributed by atoms with Gasteiger partial charge >= 0.3 is 0 Å². The van der Waals surface area contributed by atoms with Crippen LogP contribution in [0, 0.1) is 13.8 Å². The highest BCUT2D eigenvalue weighted by atomic mass is 16.5. The topological polar surface area (TPSA) is 68.3 Å². The number of aryl methyl sites for hydroxylation is 2. The van der Waals surface area contributed by atoms with Crippen LogP contribution in [0.2, 0.25) is 0 Å². The van der Waals surface area contributed by atoms with E-state index >= 15 is 0 Å². The highest BCUT2D eigenvalue weighted by Gasteiger charge is 2.03. The number of carbonyl (C=O) groups is 1. The Labute approximate surface area is 98.1 Å². The fourth-order valence-electron chi connectivity index (χ4n) is 1.29. The molecule has 88 valence electrons. The molecule has 0 aliphatic rings. The minimum absolute atomic E-state index is 0.285. The number of nitrogens with zero attached hydrogens (tertiary/aromatic N) is 1. The molecule has 2 rings (SSSR count). The molecule has 2 aromatic rings. The summed E-state index contributed by atoms with van der Waals surface area (Å²) >= 11 is 0. The molecule has 0 saturated heterocycles. The maximum absolute atomic E-state index is 11.5. The maximum atomic E-state index is 11.5. The van der Waals surface area contributed by atoms with Gasteiger partial charge in [0.1, 0.15) is 17.3 Å². The minimum atomic E-state index is -0.285. The predicted octanol–water partition coefficient (Wildman–Crippen LogP) is 2.54. The Balaban J connectivity index is 1.95. The third kappa shape index (κ3) is 3.07. The Bertz CT molecular complexity index is 552. The Hall–Kier alpha value is -2.30. The smallest absolute Gasteiger partial charge is 0.249 e. The van der Waals surface area contributed by atoms with Crippen LogP contribution < -0.4 is 5.32 Å². The van der Waals surface area contributed by atoms with Gasteiger partial charge in [0.05, 0.1) is 0 Å². The molecule has 0 saturated carbocycles. The number of anilines is 1. The van der Waals surface area contributed by atoms with Gasteiger partial charge < -0.3 is 14.3 Å². The first-order valence-electron chi connectivity index (χ1n) is 5.12. The lowest BCUT2D eigenvalue weighted by molar-refractivity contribution is -0.111. The van der Waals surface area contributed by atoms with Gasteiger partial charge in [-0.3, -0.25) is 4.79 Å². The van der Waals surface area contributed by atoms with Crippen LogP contribution in [-0.2, 0) is 4.79 Å². The highest BCUT2D eigenvalue weighted by Crippen LogP contribution is 2.09. The number of aromatic nitrogens is 1. The average Bonchev–Trinajstić information content (AvgIpc) is 2.85. The molecule has 0 aromatic carbocycles. The van der Waals surface area contributed by atoms with Crippen molar-refractivity contribution < 1.29 is 13.7 Å². The summed E-state index contributed by atoms with van der Waals surface area (Å²) in [6.45, 7) is 3.60. The predicted molar refractivity (Wildman–Crippen MR) is 62.3 cm³/mol. The van der Waals surface area contributed by atoms with Crippen LogP contribution in [-0.4, -0.2) is 11.1 Å². The molecule has 1 N–H and O–H groups in total. The molecule has 2 aromatic heterocycles. The second-order valence-electron chi connectivity index (χ2n) is 3.59. The van der Waals surface area contributed by atoms with E-state index in [1.54, 1.807) is 25.1 Å².